The largest absolute Gasteiger partial charge is 0.493 e. The Morgan fingerprint density at radius 1 is 0.846 bits per heavy atom. The summed E-state index contributed by atoms with van der Waals surface area (Å²) in [5.41, 5.74) is 5.47. The standard InChI is InChI=1S/C21H24N2O3/c1-6-25-19-12-15(11-18(24-5)21(19)26-7-2)20-14(4)22-16-9-8-13(3)10-17(16)23-20/h8-12H,6-7H2,1-5H3. The lowest BCUT2D eigenvalue weighted by Crippen LogP contribution is -2.02. The van der Waals surface area contributed by atoms with Crippen LogP contribution in [0, 0.1) is 13.8 Å². The fourth-order valence-electron chi connectivity index (χ4n) is 2.94. The number of nitrogens with zero attached hydrogens (tertiary/aromatic N) is 2. The van der Waals surface area contributed by atoms with Gasteiger partial charge in [-0.05, 0) is 57.5 Å². The Morgan fingerprint density at radius 2 is 1.58 bits per heavy atom. The summed E-state index contributed by atoms with van der Waals surface area (Å²) in [7, 11) is 1.62. The minimum atomic E-state index is 0.532. The van der Waals surface area contributed by atoms with E-state index in [9.17, 15) is 0 Å². The maximum atomic E-state index is 5.79. The molecule has 0 radical (unpaired) electrons. The molecule has 0 saturated carbocycles. The van der Waals surface area contributed by atoms with E-state index in [1.807, 2.05) is 58.0 Å². The molecule has 3 rings (SSSR count). The van der Waals surface area contributed by atoms with Crippen molar-refractivity contribution in [1.29, 1.82) is 0 Å². The molecule has 0 N–H and O–H groups in total. The number of aryl methyl sites for hydroxylation is 2. The van der Waals surface area contributed by atoms with Crippen LogP contribution in [0.15, 0.2) is 30.3 Å². The predicted molar refractivity (Wildman–Crippen MR) is 103 cm³/mol. The quantitative estimate of drug-likeness (QED) is 0.642. The first-order valence-electron chi connectivity index (χ1n) is 8.80. The van der Waals surface area contributed by atoms with Gasteiger partial charge in [-0.25, -0.2) is 9.97 Å². The van der Waals surface area contributed by atoms with Crippen LogP contribution in [0.3, 0.4) is 0 Å². The van der Waals surface area contributed by atoms with Crippen molar-refractivity contribution >= 4 is 11.0 Å². The Bertz CT molecular complexity index is 938. The number of fused-ring (bicyclic) bond motifs is 1. The number of hydrogen-bond acceptors (Lipinski definition) is 5. The summed E-state index contributed by atoms with van der Waals surface area (Å²) >= 11 is 0. The maximum Gasteiger partial charge on any atom is 0.203 e. The molecule has 0 fully saturated rings. The Morgan fingerprint density at radius 3 is 2.27 bits per heavy atom. The van der Waals surface area contributed by atoms with Crippen LogP contribution in [-0.2, 0) is 0 Å². The van der Waals surface area contributed by atoms with E-state index in [4.69, 9.17) is 24.2 Å². The SMILES string of the molecule is CCOc1cc(-c2nc3cc(C)ccc3nc2C)cc(OC)c1OCC. The minimum absolute atomic E-state index is 0.532. The lowest BCUT2D eigenvalue weighted by atomic mass is 10.1. The third-order valence-corrected chi connectivity index (χ3v) is 4.10. The number of benzene rings is 2. The molecule has 26 heavy (non-hydrogen) atoms. The lowest BCUT2D eigenvalue weighted by Gasteiger charge is -2.17. The van der Waals surface area contributed by atoms with Gasteiger partial charge < -0.3 is 14.2 Å². The predicted octanol–water partition coefficient (Wildman–Crippen LogP) is 4.72. The smallest absolute Gasteiger partial charge is 0.203 e. The monoisotopic (exact) mass is 352 g/mol. The number of rotatable bonds is 6. The van der Waals surface area contributed by atoms with Gasteiger partial charge in [-0.1, -0.05) is 6.07 Å². The Hall–Kier alpha value is -2.82. The number of hydrogen-bond donors (Lipinski definition) is 0. The van der Waals surface area contributed by atoms with Crippen LogP contribution in [0.5, 0.6) is 17.2 Å². The second-order valence-corrected chi connectivity index (χ2v) is 6.02. The van der Waals surface area contributed by atoms with Gasteiger partial charge in [0.25, 0.3) is 0 Å². The third-order valence-electron chi connectivity index (χ3n) is 4.10. The summed E-state index contributed by atoms with van der Waals surface area (Å²) in [6.45, 7) is 8.96. The van der Waals surface area contributed by atoms with Crippen molar-refractivity contribution in [3.8, 4) is 28.5 Å². The zero-order chi connectivity index (χ0) is 18.7. The molecule has 0 saturated heterocycles. The van der Waals surface area contributed by atoms with Crippen molar-refractivity contribution in [1.82, 2.24) is 9.97 Å². The number of methoxy groups -OCH3 is 1. The molecule has 0 aliphatic rings. The lowest BCUT2D eigenvalue weighted by molar-refractivity contribution is 0.272. The zero-order valence-electron chi connectivity index (χ0n) is 15.9. The Kier molecular flexibility index (Phi) is 5.26. The first-order valence-corrected chi connectivity index (χ1v) is 8.80. The van der Waals surface area contributed by atoms with Gasteiger partial charge in [0.1, 0.15) is 0 Å². The molecule has 0 bridgehead atoms. The van der Waals surface area contributed by atoms with E-state index in [0.29, 0.717) is 30.5 Å². The number of ether oxygens (including phenoxy) is 3. The highest BCUT2D eigenvalue weighted by atomic mass is 16.5. The fourth-order valence-corrected chi connectivity index (χ4v) is 2.94. The molecular weight excluding hydrogens is 328 g/mol. The highest BCUT2D eigenvalue weighted by Gasteiger charge is 2.17. The number of aromatic nitrogens is 2. The third kappa shape index (κ3) is 3.43. The molecule has 0 unspecified atom stereocenters. The van der Waals surface area contributed by atoms with Crippen LogP contribution in [0.4, 0.5) is 0 Å². The molecule has 3 aromatic rings. The first-order chi connectivity index (χ1) is 12.6. The van der Waals surface area contributed by atoms with Crippen molar-refractivity contribution in [3.63, 3.8) is 0 Å². The fraction of sp³-hybridized carbons (Fsp3) is 0.333. The first kappa shape index (κ1) is 18.0. The molecule has 136 valence electrons. The van der Waals surface area contributed by atoms with Crippen molar-refractivity contribution in [2.24, 2.45) is 0 Å². The van der Waals surface area contributed by atoms with Gasteiger partial charge in [-0.15, -0.1) is 0 Å². The normalized spacial score (nSPS) is 10.8. The molecule has 1 heterocycles. The summed E-state index contributed by atoms with van der Waals surface area (Å²) in [6.07, 6.45) is 0. The zero-order valence-corrected chi connectivity index (χ0v) is 15.9. The van der Waals surface area contributed by atoms with E-state index in [0.717, 1.165) is 33.5 Å². The van der Waals surface area contributed by atoms with Crippen molar-refractivity contribution in [2.75, 3.05) is 20.3 Å². The summed E-state index contributed by atoms with van der Waals surface area (Å²) in [5, 5.41) is 0. The van der Waals surface area contributed by atoms with Gasteiger partial charge in [0.15, 0.2) is 11.5 Å². The maximum absolute atomic E-state index is 5.79. The highest BCUT2D eigenvalue weighted by Crippen LogP contribution is 2.42. The minimum Gasteiger partial charge on any atom is -0.493 e. The summed E-state index contributed by atoms with van der Waals surface area (Å²) in [6, 6.07) is 9.95. The van der Waals surface area contributed by atoms with E-state index >= 15 is 0 Å². The average molecular weight is 352 g/mol. The molecule has 1 aromatic heterocycles. The summed E-state index contributed by atoms with van der Waals surface area (Å²) in [4.78, 5) is 9.55. The summed E-state index contributed by atoms with van der Waals surface area (Å²) < 4.78 is 17.1. The van der Waals surface area contributed by atoms with E-state index in [2.05, 4.69) is 0 Å². The van der Waals surface area contributed by atoms with Crippen molar-refractivity contribution < 1.29 is 14.2 Å². The van der Waals surface area contributed by atoms with Crippen LogP contribution >= 0.6 is 0 Å². The van der Waals surface area contributed by atoms with Gasteiger partial charge >= 0.3 is 0 Å². The van der Waals surface area contributed by atoms with Crippen LogP contribution in [0.25, 0.3) is 22.3 Å². The van der Waals surface area contributed by atoms with Crippen LogP contribution in [0.1, 0.15) is 25.1 Å². The van der Waals surface area contributed by atoms with E-state index in [1.54, 1.807) is 7.11 Å². The van der Waals surface area contributed by atoms with Gasteiger partial charge in [0, 0.05) is 5.56 Å². The summed E-state index contributed by atoms with van der Waals surface area (Å²) in [5.74, 6) is 1.88. The van der Waals surface area contributed by atoms with E-state index in [1.165, 1.54) is 0 Å². The van der Waals surface area contributed by atoms with Crippen LogP contribution in [-0.4, -0.2) is 30.3 Å². The molecule has 0 aliphatic heterocycles. The van der Waals surface area contributed by atoms with Crippen LogP contribution in [0.2, 0.25) is 0 Å². The van der Waals surface area contributed by atoms with Gasteiger partial charge in [0.2, 0.25) is 5.75 Å². The molecule has 2 aromatic carbocycles. The second-order valence-electron chi connectivity index (χ2n) is 6.02. The van der Waals surface area contributed by atoms with Crippen molar-refractivity contribution in [2.45, 2.75) is 27.7 Å². The van der Waals surface area contributed by atoms with E-state index < -0.39 is 0 Å². The Labute approximate surface area is 154 Å². The Balaban J connectivity index is 2.20. The second kappa shape index (κ2) is 7.60. The van der Waals surface area contributed by atoms with E-state index in [-0.39, 0.29) is 0 Å². The molecule has 0 amide bonds. The average Bonchev–Trinajstić information content (AvgIpc) is 2.63. The molecular formula is C21H24N2O3. The van der Waals surface area contributed by atoms with Crippen LogP contribution < -0.4 is 14.2 Å². The highest BCUT2D eigenvalue weighted by molar-refractivity contribution is 5.80. The molecule has 5 nitrogen and oxygen atoms in total. The van der Waals surface area contributed by atoms with Crippen molar-refractivity contribution in [3.05, 3.63) is 41.6 Å². The molecule has 0 spiro atoms. The topological polar surface area (TPSA) is 53.5 Å². The van der Waals surface area contributed by atoms with Gasteiger partial charge in [-0.3, -0.25) is 0 Å². The van der Waals surface area contributed by atoms with Gasteiger partial charge in [-0.2, -0.15) is 0 Å². The molecule has 5 heteroatoms. The molecule has 0 atom stereocenters. The van der Waals surface area contributed by atoms with Gasteiger partial charge in [0.05, 0.1) is 42.7 Å². The molecule has 0 aliphatic carbocycles.